The van der Waals surface area contributed by atoms with E-state index in [0.29, 0.717) is 5.54 Å². The van der Waals surface area contributed by atoms with Crippen molar-refractivity contribution in [1.29, 1.82) is 0 Å². The highest BCUT2D eigenvalue weighted by molar-refractivity contribution is 5.04. The summed E-state index contributed by atoms with van der Waals surface area (Å²) in [5, 5.41) is 3.48. The zero-order valence-electron chi connectivity index (χ0n) is 5.41. The predicted molar refractivity (Wildman–Crippen MR) is 33.7 cm³/mol. The smallest absolute Gasteiger partial charge is 0.0193 e. The number of rotatable bonds is 0. The summed E-state index contributed by atoms with van der Waals surface area (Å²) >= 11 is 0. The Morgan fingerprint density at radius 1 is 1.62 bits per heavy atom. The summed E-state index contributed by atoms with van der Waals surface area (Å²) in [5.74, 6) is 1.03. The minimum absolute atomic E-state index is 0.583. The first kappa shape index (κ1) is 4.80. The second-order valence-electron chi connectivity index (χ2n) is 3.39. The molecule has 1 nitrogen and oxygen atoms in total. The topological polar surface area (TPSA) is 12.0 Å². The Kier molecular flexibility index (Phi) is 0.762. The number of hydrogen-bond acceptors (Lipinski definition) is 1. The van der Waals surface area contributed by atoms with Gasteiger partial charge in [-0.1, -0.05) is 6.42 Å². The van der Waals surface area contributed by atoms with Crippen LogP contribution in [0.2, 0.25) is 0 Å². The standard InChI is InChI=1S/C7H13N/c1-7-4-2-3-6(7)5-8-7/h6,8H,2-5H2,1H3/t6-,7+/m1/s1. The molecule has 0 amide bonds. The molecule has 0 bridgehead atoms. The molecule has 2 atom stereocenters. The number of nitrogens with one attached hydrogen (secondary N) is 1. The van der Waals surface area contributed by atoms with Gasteiger partial charge < -0.3 is 5.32 Å². The average molecular weight is 111 g/mol. The van der Waals surface area contributed by atoms with Crippen LogP contribution >= 0.6 is 0 Å². The van der Waals surface area contributed by atoms with Gasteiger partial charge in [-0.15, -0.1) is 0 Å². The molecule has 1 aliphatic heterocycles. The summed E-state index contributed by atoms with van der Waals surface area (Å²) in [6.07, 6.45) is 4.34. The van der Waals surface area contributed by atoms with Crippen LogP contribution in [0.5, 0.6) is 0 Å². The maximum absolute atomic E-state index is 3.48. The molecule has 2 fully saturated rings. The molecule has 0 unspecified atom stereocenters. The lowest BCUT2D eigenvalue weighted by molar-refractivity contribution is 0.157. The molecular formula is C7H13N. The molecule has 1 heterocycles. The Morgan fingerprint density at radius 3 is 2.75 bits per heavy atom. The third kappa shape index (κ3) is 0.408. The maximum Gasteiger partial charge on any atom is 0.0193 e. The van der Waals surface area contributed by atoms with E-state index in [0.717, 1.165) is 5.92 Å². The highest BCUT2D eigenvalue weighted by Crippen LogP contribution is 2.40. The molecule has 8 heavy (non-hydrogen) atoms. The summed E-state index contributed by atoms with van der Waals surface area (Å²) in [6, 6.07) is 0. The van der Waals surface area contributed by atoms with Crippen LogP contribution in [0.1, 0.15) is 26.2 Å². The van der Waals surface area contributed by atoms with E-state index in [1.54, 1.807) is 0 Å². The van der Waals surface area contributed by atoms with E-state index in [-0.39, 0.29) is 0 Å². The second-order valence-corrected chi connectivity index (χ2v) is 3.39. The lowest BCUT2D eigenvalue weighted by Crippen LogP contribution is -2.59. The van der Waals surface area contributed by atoms with Crippen molar-refractivity contribution in [2.24, 2.45) is 5.92 Å². The number of hydrogen-bond donors (Lipinski definition) is 1. The molecule has 1 aliphatic carbocycles. The lowest BCUT2D eigenvalue weighted by atomic mass is 9.81. The Bertz CT molecular complexity index is 111. The minimum atomic E-state index is 0.583. The fraction of sp³-hybridized carbons (Fsp3) is 1.00. The van der Waals surface area contributed by atoms with Gasteiger partial charge in [0, 0.05) is 12.1 Å². The van der Waals surface area contributed by atoms with Gasteiger partial charge in [-0.2, -0.15) is 0 Å². The van der Waals surface area contributed by atoms with Crippen molar-refractivity contribution in [3.05, 3.63) is 0 Å². The Morgan fingerprint density at radius 2 is 2.50 bits per heavy atom. The SMILES string of the molecule is C[C@]12CCC[C@@H]1CN2. The van der Waals surface area contributed by atoms with E-state index in [2.05, 4.69) is 12.2 Å². The van der Waals surface area contributed by atoms with Gasteiger partial charge in [0.2, 0.25) is 0 Å². The second kappa shape index (κ2) is 1.27. The van der Waals surface area contributed by atoms with Crippen LogP contribution < -0.4 is 5.32 Å². The molecule has 0 aromatic carbocycles. The van der Waals surface area contributed by atoms with Crippen LogP contribution in [0.25, 0.3) is 0 Å². The average Bonchev–Trinajstić information content (AvgIpc) is 1.94. The molecule has 1 saturated carbocycles. The largest absolute Gasteiger partial charge is 0.311 e. The molecule has 1 N–H and O–H groups in total. The maximum atomic E-state index is 3.48. The third-order valence-electron chi connectivity index (χ3n) is 2.90. The molecule has 2 rings (SSSR count). The van der Waals surface area contributed by atoms with Gasteiger partial charge >= 0.3 is 0 Å². The first-order chi connectivity index (χ1) is 3.81. The summed E-state index contributed by atoms with van der Waals surface area (Å²) in [5.41, 5.74) is 0.583. The molecule has 2 aliphatic rings. The van der Waals surface area contributed by atoms with Crippen LogP contribution in [-0.4, -0.2) is 12.1 Å². The monoisotopic (exact) mass is 111 g/mol. The Hall–Kier alpha value is -0.0400. The van der Waals surface area contributed by atoms with Crippen LogP contribution in [-0.2, 0) is 0 Å². The zero-order valence-corrected chi connectivity index (χ0v) is 5.41. The van der Waals surface area contributed by atoms with Crippen molar-refractivity contribution in [2.75, 3.05) is 6.54 Å². The van der Waals surface area contributed by atoms with Crippen LogP contribution in [0.3, 0.4) is 0 Å². The van der Waals surface area contributed by atoms with Crippen LogP contribution in [0, 0.1) is 5.92 Å². The van der Waals surface area contributed by atoms with Crippen molar-refractivity contribution in [2.45, 2.75) is 31.7 Å². The zero-order chi connectivity index (χ0) is 5.61. The summed E-state index contributed by atoms with van der Waals surface area (Å²) in [7, 11) is 0. The molecule has 1 heteroatoms. The van der Waals surface area contributed by atoms with Gasteiger partial charge in [0.15, 0.2) is 0 Å². The predicted octanol–water partition coefficient (Wildman–Crippen LogP) is 1.15. The Labute approximate surface area is 50.5 Å². The first-order valence-corrected chi connectivity index (χ1v) is 3.56. The van der Waals surface area contributed by atoms with Gasteiger partial charge in [0.05, 0.1) is 0 Å². The molecule has 0 aromatic heterocycles. The van der Waals surface area contributed by atoms with Gasteiger partial charge in [-0.05, 0) is 25.7 Å². The molecule has 46 valence electrons. The van der Waals surface area contributed by atoms with Crippen LogP contribution in [0.4, 0.5) is 0 Å². The Balaban J connectivity index is 2.14. The molecule has 0 spiro atoms. The highest BCUT2D eigenvalue weighted by atomic mass is 15.1. The van der Waals surface area contributed by atoms with Crippen molar-refractivity contribution in [3.8, 4) is 0 Å². The van der Waals surface area contributed by atoms with E-state index < -0.39 is 0 Å². The molecular weight excluding hydrogens is 98.1 g/mol. The van der Waals surface area contributed by atoms with Crippen molar-refractivity contribution in [1.82, 2.24) is 5.32 Å². The summed E-state index contributed by atoms with van der Waals surface area (Å²) in [6.45, 7) is 3.64. The van der Waals surface area contributed by atoms with E-state index in [9.17, 15) is 0 Å². The highest BCUT2D eigenvalue weighted by Gasteiger charge is 2.45. The first-order valence-electron chi connectivity index (χ1n) is 3.56. The van der Waals surface area contributed by atoms with Gasteiger partial charge in [0.25, 0.3) is 0 Å². The fourth-order valence-corrected chi connectivity index (χ4v) is 2.02. The molecule has 0 aromatic rings. The van der Waals surface area contributed by atoms with Gasteiger partial charge in [0.1, 0.15) is 0 Å². The number of fused-ring (bicyclic) bond motifs is 1. The van der Waals surface area contributed by atoms with E-state index in [1.165, 1.54) is 25.8 Å². The van der Waals surface area contributed by atoms with E-state index in [4.69, 9.17) is 0 Å². The van der Waals surface area contributed by atoms with Crippen molar-refractivity contribution >= 4 is 0 Å². The fourth-order valence-electron chi connectivity index (χ4n) is 2.02. The van der Waals surface area contributed by atoms with Crippen molar-refractivity contribution < 1.29 is 0 Å². The summed E-state index contributed by atoms with van der Waals surface area (Å²) < 4.78 is 0. The van der Waals surface area contributed by atoms with Gasteiger partial charge in [-0.3, -0.25) is 0 Å². The molecule has 0 radical (unpaired) electrons. The quantitative estimate of drug-likeness (QED) is 0.494. The third-order valence-corrected chi connectivity index (χ3v) is 2.90. The lowest BCUT2D eigenvalue weighted by Gasteiger charge is -2.43. The van der Waals surface area contributed by atoms with E-state index >= 15 is 0 Å². The van der Waals surface area contributed by atoms with Gasteiger partial charge in [-0.25, -0.2) is 0 Å². The summed E-state index contributed by atoms with van der Waals surface area (Å²) in [4.78, 5) is 0. The van der Waals surface area contributed by atoms with E-state index in [1.807, 2.05) is 0 Å². The normalized spacial score (nSPS) is 52.9. The van der Waals surface area contributed by atoms with Crippen molar-refractivity contribution in [3.63, 3.8) is 0 Å². The molecule has 1 saturated heterocycles. The van der Waals surface area contributed by atoms with Crippen LogP contribution in [0.15, 0.2) is 0 Å². The minimum Gasteiger partial charge on any atom is -0.311 e.